The zero-order chi connectivity index (χ0) is 26.0. The van der Waals surface area contributed by atoms with Crippen molar-refractivity contribution in [3.05, 3.63) is 108 Å². The molecule has 1 saturated heterocycles. The number of benzene rings is 4. The second-order valence-electron chi connectivity index (χ2n) is 10.1. The molecule has 4 aromatic carbocycles. The average molecular weight is 519 g/mol. The van der Waals surface area contributed by atoms with Gasteiger partial charge in [-0.05, 0) is 63.9 Å². The van der Waals surface area contributed by atoms with Crippen molar-refractivity contribution in [2.75, 3.05) is 13.1 Å². The minimum atomic E-state index is -3.43. The van der Waals surface area contributed by atoms with Crippen molar-refractivity contribution in [2.24, 2.45) is 4.76 Å². The smallest absolute Gasteiger partial charge is 0.262 e. The number of nitrogens with zero attached hydrogens (tertiary/aromatic N) is 4. The molecule has 5 nitrogen and oxygen atoms in total. The molecule has 0 spiro atoms. The molecular formula is C32H31N4OP. The molecule has 0 radical (unpaired) electrons. The first kappa shape index (κ1) is 24.8. The zero-order valence-corrected chi connectivity index (χ0v) is 22.4. The van der Waals surface area contributed by atoms with Gasteiger partial charge in [0.1, 0.15) is 11.8 Å². The summed E-state index contributed by atoms with van der Waals surface area (Å²) in [6.45, 7) is 2.30. The highest BCUT2D eigenvalue weighted by molar-refractivity contribution is 7.58. The highest BCUT2D eigenvalue weighted by Gasteiger charge is 2.44. The summed E-state index contributed by atoms with van der Waals surface area (Å²) in [6, 6.07) is 31.5. The Bertz CT molecular complexity index is 1550. The van der Waals surface area contributed by atoms with Crippen molar-refractivity contribution in [2.45, 2.75) is 38.8 Å². The maximum Gasteiger partial charge on any atom is 0.331 e. The summed E-state index contributed by atoms with van der Waals surface area (Å²) in [5.41, 5.74) is 3.53. The fourth-order valence-electron chi connectivity index (χ4n) is 5.73. The summed E-state index contributed by atoms with van der Waals surface area (Å²) in [4.78, 5) is 0. The van der Waals surface area contributed by atoms with E-state index in [9.17, 15) is 5.26 Å². The average Bonchev–Trinajstić information content (AvgIpc) is 3.26. The summed E-state index contributed by atoms with van der Waals surface area (Å²) in [7, 11) is -3.43. The molecule has 6 heteroatoms. The minimum Gasteiger partial charge on any atom is -0.262 e. The number of rotatable bonds is 6. The topological polar surface area (TPSA) is 59.7 Å². The fraction of sp³-hybridized carbons (Fsp3) is 0.250. The molecule has 0 N–H and O–H groups in total. The van der Waals surface area contributed by atoms with Crippen molar-refractivity contribution in [3.63, 3.8) is 0 Å². The lowest BCUT2D eigenvalue weighted by Gasteiger charge is -2.28. The molecule has 0 aromatic heterocycles. The molecule has 4 aromatic rings. The maximum absolute atomic E-state index is 15.1. The second-order valence-corrected chi connectivity index (χ2v) is 12.5. The van der Waals surface area contributed by atoms with Crippen LogP contribution in [-0.4, -0.2) is 28.1 Å². The van der Waals surface area contributed by atoms with Gasteiger partial charge in [0.05, 0.1) is 0 Å². The lowest BCUT2D eigenvalue weighted by atomic mass is 9.97. The third kappa shape index (κ3) is 4.72. The van der Waals surface area contributed by atoms with Crippen LogP contribution in [0.2, 0.25) is 0 Å². The molecule has 0 amide bonds. The van der Waals surface area contributed by atoms with Crippen LogP contribution < -0.4 is 0 Å². The standard InChI is InChI=1S/C32H31N4OP/c33-22-32(27-12-2-1-3-13-27)34-38(37)35(23-28-16-8-14-25-10-4-6-18-30(25)28)20-21-36(38)24-29-17-9-15-26-11-5-7-19-31(26)29/h4-12,14-19H,1-3,13,20-21,23-24H2. The van der Waals surface area contributed by atoms with E-state index in [0.717, 1.165) is 53.2 Å². The van der Waals surface area contributed by atoms with Crippen molar-refractivity contribution in [1.29, 1.82) is 5.26 Å². The van der Waals surface area contributed by atoms with Gasteiger partial charge in [-0.3, -0.25) is 4.57 Å². The van der Waals surface area contributed by atoms with Gasteiger partial charge < -0.3 is 0 Å². The van der Waals surface area contributed by atoms with Crippen molar-refractivity contribution < 1.29 is 4.57 Å². The van der Waals surface area contributed by atoms with E-state index in [1.165, 1.54) is 10.8 Å². The minimum absolute atomic E-state index is 0.334. The molecule has 6 rings (SSSR count). The molecule has 1 heterocycles. The van der Waals surface area contributed by atoms with E-state index >= 15 is 4.57 Å². The van der Waals surface area contributed by atoms with Crippen LogP contribution in [0.4, 0.5) is 0 Å². The second kappa shape index (κ2) is 10.7. The highest BCUT2D eigenvalue weighted by Crippen LogP contribution is 2.60. The predicted octanol–water partition coefficient (Wildman–Crippen LogP) is 7.88. The lowest BCUT2D eigenvalue weighted by molar-refractivity contribution is 0.436. The van der Waals surface area contributed by atoms with Crippen molar-refractivity contribution >= 4 is 34.9 Å². The molecule has 190 valence electrons. The Morgan fingerprint density at radius 2 is 1.34 bits per heavy atom. The lowest BCUT2D eigenvalue weighted by Crippen LogP contribution is -2.20. The first-order chi connectivity index (χ1) is 18.7. The molecular weight excluding hydrogens is 487 g/mol. The van der Waals surface area contributed by atoms with Crippen LogP contribution in [0.15, 0.2) is 101 Å². The van der Waals surface area contributed by atoms with E-state index in [4.69, 9.17) is 4.76 Å². The summed E-state index contributed by atoms with van der Waals surface area (Å²) >= 11 is 0. The van der Waals surface area contributed by atoms with Gasteiger partial charge in [-0.2, -0.15) is 10.0 Å². The summed E-state index contributed by atoms with van der Waals surface area (Å²) in [5.74, 6) is 0. The van der Waals surface area contributed by atoms with Crippen molar-refractivity contribution in [1.82, 2.24) is 9.34 Å². The van der Waals surface area contributed by atoms with Crippen molar-refractivity contribution in [3.8, 4) is 6.07 Å². The van der Waals surface area contributed by atoms with Gasteiger partial charge in [-0.15, -0.1) is 0 Å². The highest BCUT2D eigenvalue weighted by atomic mass is 31.2. The summed E-state index contributed by atoms with van der Waals surface area (Å²) < 4.78 is 23.9. The molecule has 2 aliphatic rings. The first-order valence-corrected chi connectivity index (χ1v) is 15.0. The third-order valence-corrected chi connectivity index (χ3v) is 10.4. The van der Waals surface area contributed by atoms with E-state index in [-0.39, 0.29) is 0 Å². The Kier molecular flexibility index (Phi) is 6.96. The number of hydrogen-bond acceptors (Lipinski definition) is 2. The van der Waals surface area contributed by atoms with E-state index in [0.29, 0.717) is 31.9 Å². The normalized spacial score (nSPS) is 18.5. The number of nitriles is 1. The van der Waals surface area contributed by atoms with Gasteiger partial charge in [0.2, 0.25) is 0 Å². The third-order valence-electron chi connectivity index (χ3n) is 7.75. The van der Waals surface area contributed by atoms with Crippen LogP contribution in [0.3, 0.4) is 0 Å². The van der Waals surface area contributed by atoms with E-state index in [1.807, 2.05) is 33.6 Å². The molecule has 1 fully saturated rings. The molecule has 0 saturated carbocycles. The van der Waals surface area contributed by atoms with Gasteiger partial charge in [-0.25, -0.2) is 9.34 Å². The van der Waals surface area contributed by atoms with Gasteiger partial charge in [-0.1, -0.05) is 91.0 Å². The Balaban J connectivity index is 1.41. The summed E-state index contributed by atoms with van der Waals surface area (Å²) in [6.07, 6.45) is 6.03. The van der Waals surface area contributed by atoms with Crippen LogP contribution >= 0.6 is 7.59 Å². The Morgan fingerprint density at radius 3 is 1.87 bits per heavy atom. The molecule has 0 unspecified atom stereocenters. The maximum atomic E-state index is 15.1. The van der Waals surface area contributed by atoms with Crippen LogP contribution in [0.1, 0.15) is 36.8 Å². The van der Waals surface area contributed by atoms with Gasteiger partial charge in [0.25, 0.3) is 0 Å². The van der Waals surface area contributed by atoms with Crippen LogP contribution in [0.5, 0.6) is 0 Å². The first-order valence-electron chi connectivity index (χ1n) is 13.4. The van der Waals surface area contributed by atoms with E-state index in [2.05, 4.69) is 72.8 Å². The largest absolute Gasteiger partial charge is 0.331 e. The Hall–Kier alpha value is -3.55. The number of hydrogen-bond donors (Lipinski definition) is 0. The molecule has 1 aliphatic heterocycles. The molecule has 0 bridgehead atoms. The van der Waals surface area contributed by atoms with E-state index < -0.39 is 7.59 Å². The SMILES string of the molecule is N#CC(=NP1(=O)N(Cc2cccc3ccccc23)CCN1Cc1cccc2ccccc12)C1=CCCCC1. The molecule has 0 atom stereocenters. The van der Waals surface area contributed by atoms with Gasteiger partial charge >= 0.3 is 7.59 Å². The fourth-order valence-corrected chi connectivity index (χ4v) is 8.15. The monoisotopic (exact) mass is 518 g/mol. The van der Waals surface area contributed by atoms with Crippen LogP contribution in [0.25, 0.3) is 21.5 Å². The van der Waals surface area contributed by atoms with Crippen LogP contribution in [0, 0.1) is 11.3 Å². The zero-order valence-electron chi connectivity index (χ0n) is 21.5. The summed E-state index contributed by atoms with van der Waals surface area (Å²) in [5, 5.41) is 14.8. The quantitative estimate of drug-likeness (QED) is 0.192. The van der Waals surface area contributed by atoms with Gasteiger partial charge in [0, 0.05) is 26.2 Å². The number of fused-ring (bicyclic) bond motifs is 2. The predicted molar refractivity (Wildman–Crippen MR) is 156 cm³/mol. The molecule has 1 aliphatic carbocycles. The Morgan fingerprint density at radius 1 is 0.789 bits per heavy atom. The van der Waals surface area contributed by atoms with Gasteiger partial charge in [0.15, 0.2) is 0 Å². The van der Waals surface area contributed by atoms with E-state index in [1.54, 1.807) is 0 Å². The Labute approximate surface area is 224 Å². The van der Waals surface area contributed by atoms with Crippen LogP contribution in [-0.2, 0) is 17.7 Å². The molecule has 38 heavy (non-hydrogen) atoms. The number of allylic oxidation sites excluding steroid dienone is 2.